The van der Waals surface area contributed by atoms with Gasteiger partial charge in [-0.3, -0.25) is 0 Å². The molecule has 1 heterocycles. The van der Waals surface area contributed by atoms with E-state index in [0.29, 0.717) is 12.1 Å². The van der Waals surface area contributed by atoms with Gasteiger partial charge in [-0.15, -0.1) is 0 Å². The second-order valence-corrected chi connectivity index (χ2v) is 2.51. The zero-order valence-corrected chi connectivity index (χ0v) is 5.21. The Labute approximate surface area is 54.2 Å². The Morgan fingerprint density at radius 3 is 3.11 bits per heavy atom. The van der Waals surface area contributed by atoms with Crippen molar-refractivity contribution in [1.82, 2.24) is 0 Å². The lowest BCUT2D eigenvalue weighted by atomic mass is 10.0. The van der Waals surface area contributed by atoms with Gasteiger partial charge in [-0.2, -0.15) is 0 Å². The standard InChI is InChI=1S/C7H9NO/c1-2-4-7-6(3-1)8-5-9-7/h1-2,5-7H,3-4H2/p+1. The minimum atomic E-state index is 0.412. The maximum atomic E-state index is 5.27. The molecule has 0 radical (unpaired) electrons. The number of nitrogens with one attached hydrogen (secondary N) is 1. The number of hydrogen-bond donors (Lipinski definition) is 1. The molecule has 0 fully saturated rings. The normalized spacial score (nSPS) is 38.2. The van der Waals surface area contributed by atoms with Crippen molar-refractivity contribution in [3.63, 3.8) is 0 Å². The van der Waals surface area contributed by atoms with Gasteiger partial charge in [-0.05, 0) is 0 Å². The third-order valence-corrected chi connectivity index (χ3v) is 1.90. The Bertz CT molecular complexity index is 162. The van der Waals surface area contributed by atoms with Crippen LogP contribution in [0, 0.1) is 0 Å². The average molecular weight is 124 g/mol. The summed E-state index contributed by atoms with van der Waals surface area (Å²) in [5.41, 5.74) is 0. The van der Waals surface area contributed by atoms with Crippen LogP contribution in [0.5, 0.6) is 0 Å². The van der Waals surface area contributed by atoms with Crippen LogP contribution in [0.25, 0.3) is 0 Å². The summed E-state index contributed by atoms with van der Waals surface area (Å²) in [5, 5.41) is 0. The molecule has 2 unspecified atom stereocenters. The third kappa shape index (κ3) is 0.745. The number of hydrogen-bond acceptors (Lipinski definition) is 1. The summed E-state index contributed by atoms with van der Waals surface area (Å²) in [6, 6.07) is 0.551. The van der Waals surface area contributed by atoms with Gasteiger partial charge in [0.05, 0.1) is 0 Å². The molecule has 0 spiro atoms. The van der Waals surface area contributed by atoms with Crippen molar-refractivity contribution in [3.8, 4) is 0 Å². The molecule has 0 aromatic rings. The van der Waals surface area contributed by atoms with Gasteiger partial charge in [0.15, 0.2) is 12.1 Å². The van der Waals surface area contributed by atoms with Gasteiger partial charge in [0.1, 0.15) is 0 Å². The largest absolute Gasteiger partial charge is 0.440 e. The smallest absolute Gasteiger partial charge is 0.323 e. The first-order chi connectivity index (χ1) is 4.47. The van der Waals surface area contributed by atoms with Crippen molar-refractivity contribution in [2.75, 3.05) is 0 Å². The summed E-state index contributed by atoms with van der Waals surface area (Å²) in [6.07, 6.45) is 8.69. The second-order valence-electron chi connectivity index (χ2n) is 2.51. The van der Waals surface area contributed by atoms with Gasteiger partial charge in [0.25, 0.3) is 0 Å². The summed E-state index contributed by atoms with van der Waals surface area (Å²) >= 11 is 0. The van der Waals surface area contributed by atoms with E-state index in [4.69, 9.17) is 4.74 Å². The second kappa shape index (κ2) is 1.87. The molecule has 2 nitrogen and oxygen atoms in total. The van der Waals surface area contributed by atoms with Crippen LogP contribution in [0.4, 0.5) is 0 Å². The maximum Gasteiger partial charge on any atom is 0.323 e. The van der Waals surface area contributed by atoms with Crippen molar-refractivity contribution in [1.29, 1.82) is 0 Å². The fourth-order valence-corrected chi connectivity index (χ4v) is 1.33. The molecule has 9 heavy (non-hydrogen) atoms. The third-order valence-electron chi connectivity index (χ3n) is 1.90. The minimum absolute atomic E-state index is 0.412. The predicted octanol–water partition coefficient (Wildman–Crippen LogP) is -0.787. The summed E-state index contributed by atoms with van der Waals surface area (Å²) in [5.74, 6) is 0. The van der Waals surface area contributed by atoms with Crippen LogP contribution in [-0.4, -0.2) is 18.5 Å². The van der Waals surface area contributed by atoms with E-state index in [1.54, 1.807) is 6.40 Å². The number of rotatable bonds is 0. The van der Waals surface area contributed by atoms with E-state index in [2.05, 4.69) is 17.1 Å². The molecule has 1 aliphatic heterocycles. The van der Waals surface area contributed by atoms with E-state index in [0.717, 1.165) is 12.8 Å². The van der Waals surface area contributed by atoms with E-state index in [1.165, 1.54) is 0 Å². The van der Waals surface area contributed by atoms with E-state index >= 15 is 0 Å². The van der Waals surface area contributed by atoms with Gasteiger partial charge in [-0.1, -0.05) is 12.2 Å². The highest BCUT2D eigenvalue weighted by molar-refractivity contribution is 5.40. The van der Waals surface area contributed by atoms with E-state index in [9.17, 15) is 0 Å². The Kier molecular flexibility index (Phi) is 1.04. The van der Waals surface area contributed by atoms with Crippen molar-refractivity contribution in [3.05, 3.63) is 12.2 Å². The SMILES string of the molecule is C1=CCC2OC=[NH+]C2C1. The van der Waals surface area contributed by atoms with Crippen LogP contribution in [0.1, 0.15) is 12.8 Å². The van der Waals surface area contributed by atoms with E-state index in [-0.39, 0.29) is 0 Å². The molecular formula is C7H10NO+. The van der Waals surface area contributed by atoms with Crippen LogP contribution in [0.15, 0.2) is 12.2 Å². The van der Waals surface area contributed by atoms with Crippen LogP contribution >= 0.6 is 0 Å². The summed E-state index contributed by atoms with van der Waals surface area (Å²) < 4.78 is 5.27. The molecular weight excluding hydrogens is 114 g/mol. The number of ether oxygens (including phenoxy) is 1. The first kappa shape index (κ1) is 5.03. The maximum absolute atomic E-state index is 5.27. The van der Waals surface area contributed by atoms with Gasteiger partial charge < -0.3 is 4.74 Å². The molecule has 2 atom stereocenters. The van der Waals surface area contributed by atoms with Crippen molar-refractivity contribution in [2.45, 2.75) is 25.0 Å². The van der Waals surface area contributed by atoms with E-state index < -0.39 is 0 Å². The molecule has 2 heteroatoms. The van der Waals surface area contributed by atoms with Crippen LogP contribution in [0.2, 0.25) is 0 Å². The van der Waals surface area contributed by atoms with E-state index in [1.807, 2.05) is 0 Å². The summed E-state index contributed by atoms with van der Waals surface area (Å²) in [4.78, 5) is 3.16. The van der Waals surface area contributed by atoms with Crippen molar-refractivity contribution < 1.29 is 9.73 Å². The van der Waals surface area contributed by atoms with Crippen molar-refractivity contribution in [2.24, 2.45) is 0 Å². The Morgan fingerprint density at radius 1 is 1.33 bits per heavy atom. The topological polar surface area (TPSA) is 23.2 Å². The first-order valence-electron chi connectivity index (χ1n) is 3.35. The molecule has 1 aliphatic carbocycles. The lowest BCUT2D eigenvalue weighted by Gasteiger charge is -2.12. The molecule has 2 aliphatic rings. The average Bonchev–Trinajstić information content (AvgIpc) is 2.33. The Balaban J connectivity index is 2.13. The molecule has 1 N–H and O–H groups in total. The molecule has 0 aromatic carbocycles. The molecule has 0 saturated heterocycles. The summed E-state index contributed by atoms with van der Waals surface area (Å²) in [6.45, 7) is 0. The zero-order chi connectivity index (χ0) is 6.10. The molecule has 0 saturated carbocycles. The minimum Gasteiger partial charge on any atom is -0.440 e. The molecule has 48 valence electrons. The summed E-state index contributed by atoms with van der Waals surface area (Å²) in [7, 11) is 0. The fraction of sp³-hybridized carbons (Fsp3) is 0.571. The Hall–Kier alpha value is -0.790. The van der Waals surface area contributed by atoms with Crippen LogP contribution in [0.3, 0.4) is 0 Å². The highest BCUT2D eigenvalue weighted by atomic mass is 16.5. The van der Waals surface area contributed by atoms with Gasteiger partial charge in [0.2, 0.25) is 0 Å². The van der Waals surface area contributed by atoms with Crippen LogP contribution < -0.4 is 4.99 Å². The van der Waals surface area contributed by atoms with Crippen molar-refractivity contribution >= 4 is 6.40 Å². The number of fused-ring (bicyclic) bond motifs is 1. The fourth-order valence-electron chi connectivity index (χ4n) is 1.33. The molecule has 0 aromatic heterocycles. The highest BCUT2D eigenvalue weighted by Crippen LogP contribution is 2.12. The first-order valence-corrected chi connectivity index (χ1v) is 3.35. The zero-order valence-electron chi connectivity index (χ0n) is 5.21. The predicted molar refractivity (Wildman–Crippen MR) is 34.1 cm³/mol. The Morgan fingerprint density at radius 2 is 2.22 bits per heavy atom. The lowest BCUT2D eigenvalue weighted by Crippen LogP contribution is -2.75. The van der Waals surface area contributed by atoms with Gasteiger partial charge >= 0.3 is 6.40 Å². The van der Waals surface area contributed by atoms with Gasteiger partial charge in [-0.25, -0.2) is 4.99 Å². The molecule has 2 rings (SSSR count). The quantitative estimate of drug-likeness (QED) is 0.420. The monoisotopic (exact) mass is 124 g/mol. The molecule has 0 bridgehead atoms. The highest BCUT2D eigenvalue weighted by Gasteiger charge is 2.31. The van der Waals surface area contributed by atoms with Gasteiger partial charge in [0, 0.05) is 12.8 Å². The molecule has 0 amide bonds. The van der Waals surface area contributed by atoms with Crippen LogP contribution in [-0.2, 0) is 4.74 Å². The lowest BCUT2D eigenvalue weighted by molar-refractivity contribution is -0.490.